The van der Waals surface area contributed by atoms with Crippen molar-refractivity contribution in [3.63, 3.8) is 0 Å². The molecular formula is C9H8N2O. The van der Waals surface area contributed by atoms with E-state index in [-0.39, 0.29) is 0 Å². The predicted octanol–water partition coefficient (Wildman–Crippen LogP) is 2.05. The average Bonchev–Trinajstić information content (AvgIpc) is 2.54. The Morgan fingerprint density at radius 3 is 2.58 bits per heavy atom. The third kappa shape index (κ3) is 1.21. The number of pyridine rings is 1. The zero-order valence-electron chi connectivity index (χ0n) is 6.69. The van der Waals surface area contributed by atoms with E-state index in [1.165, 1.54) is 0 Å². The number of hydrogen-bond donors (Lipinski definition) is 0. The van der Waals surface area contributed by atoms with Gasteiger partial charge < -0.3 is 4.52 Å². The fraction of sp³-hybridized carbons (Fsp3) is 0.111. The van der Waals surface area contributed by atoms with Crippen LogP contribution in [0.2, 0.25) is 0 Å². The Kier molecular flexibility index (Phi) is 1.63. The van der Waals surface area contributed by atoms with Crippen molar-refractivity contribution in [2.24, 2.45) is 0 Å². The van der Waals surface area contributed by atoms with Crippen LogP contribution in [0, 0.1) is 6.92 Å². The SMILES string of the molecule is Cc1cc(-c2ccncc2)on1. The van der Waals surface area contributed by atoms with Crippen molar-refractivity contribution in [3.05, 3.63) is 36.3 Å². The molecule has 2 aromatic heterocycles. The zero-order chi connectivity index (χ0) is 8.39. The Balaban J connectivity index is 2.45. The molecule has 0 aliphatic heterocycles. The molecule has 12 heavy (non-hydrogen) atoms. The standard InChI is InChI=1S/C9H8N2O/c1-7-6-9(12-11-7)8-2-4-10-5-3-8/h2-6H,1H3. The summed E-state index contributed by atoms with van der Waals surface area (Å²) in [7, 11) is 0. The summed E-state index contributed by atoms with van der Waals surface area (Å²) >= 11 is 0. The Bertz CT molecular complexity index is 367. The Morgan fingerprint density at radius 2 is 2.00 bits per heavy atom. The van der Waals surface area contributed by atoms with Crippen molar-refractivity contribution in [3.8, 4) is 11.3 Å². The minimum atomic E-state index is 0.787. The van der Waals surface area contributed by atoms with Gasteiger partial charge in [-0.2, -0.15) is 0 Å². The van der Waals surface area contributed by atoms with Crippen LogP contribution in [0.25, 0.3) is 11.3 Å². The van der Waals surface area contributed by atoms with Gasteiger partial charge in [-0.25, -0.2) is 0 Å². The van der Waals surface area contributed by atoms with Gasteiger partial charge in [-0.15, -0.1) is 0 Å². The molecule has 60 valence electrons. The number of hydrogen-bond acceptors (Lipinski definition) is 3. The summed E-state index contributed by atoms with van der Waals surface area (Å²) in [4.78, 5) is 3.92. The molecule has 3 heteroatoms. The lowest BCUT2D eigenvalue weighted by Gasteiger charge is -1.90. The first kappa shape index (κ1) is 7.03. The molecule has 2 heterocycles. The maximum absolute atomic E-state index is 5.07. The topological polar surface area (TPSA) is 38.9 Å². The Morgan fingerprint density at radius 1 is 1.25 bits per heavy atom. The van der Waals surface area contributed by atoms with Crippen molar-refractivity contribution >= 4 is 0 Å². The molecule has 0 aromatic carbocycles. The van der Waals surface area contributed by atoms with E-state index in [0.29, 0.717) is 0 Å². The Labute approximate surface area is 70.0 Å². The summed E-state index contributed by atoms with van der Waals surface area (Å²) in [6.45, 7) is 1.90. The van der Waals surface area contributed by atoms with Gasteiger partial charge in [-0.3, -0.25) is 4.98 Å². The van der Waals surface area contributed by atoms with Crippen LogP contribution in [0.5, 0.6) is 0 Å². The van der Waals surface area contributed by atoms with Crippen LogP contribution in [0.4, 0.5) is 0 Å². The lowest BCUT2D eigenvalue weighted by Crippen LogP contribution is -1.73. The van der Waals surface area contributed by atoms with E-state index in [0.717, 1.165) is 17.0 Å². The summed E-state index contributed by atoms with van der Waals surface area (Å²) in [5.74, 6) is 0.787. The highest BCUT2D eigenvalue weighted by molar-refractivity contribution is 5.55. The van der Waals surface area contributed by atoms with Crippen LogP contribution >= 0.6 is 0 Å². The molecule has 0 aliphatic rings. The maximum Gasteiger partial charge on any atom is 0.167 e. The van der Waals surface area contributed by atoms with Crippen molar-refractivity contribution in [2.45, 2.75) is 6.92 Å². The molecule has 0 N–H and O–H groups in total. The van der Waals surface area contributed by atoms with E-state index in [1.54, 1.807) is 12.4 Å². The van der Waals surface area contributed by atoms with E-state index in [1.807, 2.05) is 25.1 Å². The fourth-order valence-electron chi connectivity index (χ4n) is 1.02. The second kappa shape index (κ2) is 2.77. The molecule has 0 atom stereocenters. The molecule has 0 fully saturated rings. The van der Waals surface area contributed by atoms with Crippen LogP contribution in [-0.2, 0) is 0 Å². The molecular weight excluding hydrogens is 152 g/mol. The van der Waals surface area contributed by atoms with E-state index >= 15 is 0 Å². The molecule has 0 amide bonds. The predicted molar refractivity (Wildman–Crippen MR) is 44.5 cm³/mol. The van der Waals surface area contributed by atoms with Crippen LogP contribution in [0.1, 0.15) is 5.69 Å². The van der Waals surface area contributed by atoms with Crippen molar-refractivity contribution in [1.29, 1.82) is 0 Å². The highest BCUT2D eigenvalue weighted by Gasteiger charge is 2.01. The second-order valence-electron chi connectivity index (χ2n) is 2.57. The first-order valence-corrected chi connectivity index (χ1v) is 3.70. The average molecular weight is 160 g/mol. The fourth-order valence-corrected chi connectivity index (χ4v) is 1.02. The molecule has 0 spiro atoms. The summed E-state index contributed by atoms with van der Waals surface area (Å²) in [5, 5.41) is 3.80. The maximum atomic E-state index is 5.07. The van der Waals surface area contributed by atoms with Crippen LogP contribution in [-0.4, -0.2) is 10.1 Å². The lowest BCUT2D eigenvalue weighted by molar-refractivity contribution is 0.427. The quantitative estimate of drug-likeness (QED) is 0.640. The van der Waals surface area contributed by atoms with Crippen molar-refractivity contribution in [1.82, 2.24) is 10.1 Å². The van der Waals surface area contributed by atoms with E-state index < -0.39 is 0 Å². The Hall–Kier alpha value is -1.64. The summed E-state index contributed by atoms with van der Waals surface area (Å²) in [5.41, 5.74) is 1.90. The van der Waals surface area contributed by atoms with Gasteiger partial charge in [-0.05, 0) is 19.1 Å². The van der Waals surface area contributed by atoms with Crippen LogP contribution in [0.3, 0.4) is 0 Å². The van der Waals surface area contributed by atoms with Gasteiger partial charge in [0.1, 0.15) is 0 Å². The van der Waals surface area contributed by atoms with Gasteiger partial charge in [0.2, 0.25) is 0 Å². The highest BCUT2D eigenvalue weighted by Crippen LogP contribution is 2.18. The normalized spacial score (nSPS) is 10.1. The van der Waals surface area contributed by atoms with Gasteiger partial charge in [0, 0.05) is 24.0 Å². The molecule has 0 unspecified atom stereocenters. The van der Waals surface area contributed by atoms with Crippen LogP contribution < -0.4 is 0 Å². The van der Waals surface area contributed by atoms with Crippen molar-refractivity contribution in [2.75, 3.05) is 0 Å². The number of aromatic nitrogens is 2. The molecule has 0 radical (unpaired) electrons. The first-order chi connectivity index (χ1) is 5.86. The molecule has 2 aromatic rings. The van der Waals surface area contributed by atoms with E-state index in [2.05, 4.69) is 10.1 Å². The molecule has 0 aliphatic carbocycles. The smallest absolute Gasteiger partial charge is 0.167 e. The largest absolute Gasteiger partial charge is 0.356 e. The molecule has 0 saturated carbocycles. The van der Waals surface area contributed by atoms with Gasteiger partial charge in [0.15, 0.2) is 5.76 Å². The van der Waals surface area contributed by atoms with Gasteiger partial charge in [0.05, 0.1) is 5.69 Å². The molecule has 0 saturated heterocycles. The summed E-state index contributed by atoms with van der Waals surface area (Å²) in [6, 6.07) is 5.68. The van der Waals surface area contributed by atoms with Crippen molar-refractivity contribution < 1.29 is 4.52 Å². The lowest BCUT2D eigenvalue weighted by atomic mass is 10.2. The number of aryl methyl sites for hydroxylation is 1. The molecule has 3 nitrogen and oxygen atoms in total. The summed E-state index contributed by atoms with van der Waals surface area (Å²) < 4.78 is 5.07. The molecule has 0 bridgehead atoms. The zero-order valence-corrected chi connectivity index (χ0v) is 6.69. The minimum absolute atomic E-state index is 0.787. The minimum Gasteiger partial charge on any atom is -0.356 e. The first-order valence-electron chi connectivity index (χ1n) is 3.70. The van der Waals surface area contributed by atoms with Gasteiger partial charge in [0.25, 0.3) is 0 Å². The summed E-state index contributed by atoms with van der Waals surface area (Å²) in [6.07, 6.45) is 3.46. The monoisotopic (exact) mass is 160 g/mol. The third-order valence-electron chi connectivity index (χ3n) is 1.59. The van der Waals surface area contributed by atoms with E-state index in [9.17, 15) is 0 Å². The third-order valence-corrected chi connectivity index (χ3v) is 1.59. The highest BCUT2D eigenvalue weighted by atomic mass is 16.5. The van der Waals surface area contributed by atoms with Gasteiger partial charge in [-0.1, -0.05) is 5.16 Å². The number of rotatable bonds is 1. The van der Waals surface area contributed by atoms with Crippen LogP contribution in [0.15, 0.2) is 35.1 Å². The van der Waals surface area contributed by atoms with E-state index in [4.69, 9.17) is 4.52 Å². The second-order valence-corrected chi connectivity index (χ2v) is 2.57. The number of nitrogens with zero attached hydrogens (tertiary/aromatic N) is 2. The van der Waals surface area contributed by atoms with Gasteiger partial charge >= 0.3 is 0 Å². The molecule has 2 rings (SSSR count).